The van der Waals surface area contributed by atoms with E-state index in [-0.39, 0.29) is 24.8 Å². The summed E-state index contributed by atoms with van der Waals surface area (Å²) in [5.41, 5.74) is 1.77. The van der Waals surface area contributed by atoms with Gasteiger partial charge in [-0.2, -0.15) is 0 Å². The van der Waals surface area contributed by atoms with Crippen molar-refractivity contribution >= 4 is 6.03 Å². The van der Waals surface area contributed by atoms with E-state index < -0.39 is 0 Å². The highest BCUT2D eigenvalue weighted by molar-refractivity contribution is 5.74. The molecule has 2 unspecified atom stereocenters. The number of hydrogen-bond donors (Lipinski definition) is 3. The molecule has 0 heterocycles. The summed E-state index contributed by atoms with van der Waals surface area (Å²) in [5, 5.41) is 15.1. The molecule has 5 nitrogen and oxygen atoms in total. The highest BCUT2D eigenvalue weighted by Gasteiger charge is 2.26. The largest absolute Gasteiger partial charge is 0.392 e. The molecule has 1 saturated carbocycles. The molecule has 0 aliphatic heterocycles. The lowest BCUT2D eigenvalue weighted by molar-refractivity contribution is 0.0452. The third-order valence-electron chi connectivity index (χ3n) is 4.05. The SMILES string of the molecule is COC1CCCCC1NC(=O)NCc1ccccc1CO. The number of benzene rings is 1. The van der Waals surface area contributed by atoms with E-state index in [9.17, 15) is 9.90 Å². The second-order valence-electron chi connectivity index (χ2n) is 5.42. The maximum atomic E-state index is 12.0. The van der Waals surface area contributed by atoms with Gasteiger partial charge in [0, 0.05) is 13.7 Å². The number of hydrogen-bond acceptors (Lipinski definition) is 3. The van der Waals surface area contributed by atoms with Crippen LogP contribution in [0.15, 0.2) is 24.3 Å². The summed E-state index contributed by atoms with van der Waals surface area (Å²) >= 11 is 0. The molecule has 2 atom stereocenters. The molecule has 0 bridgehead atoms. The number of rotatable bonds is 5. The predicted molar refractivity (Wildman–Crippen MR) is 80.8 cm³/mol. The number of aliphatic hydroxyl groups is 1. The minimum atomic E-state index is -0.184. The molecule has 1 fully saturated rings. The van der Waals surface area contributed by atoms with Gasteiger partial charge in [0.1, 0.15) is 0 Å². The van der Waals surface area contributed by atoms with Gasteiger partial charge in [-0.15, -0.1) is 0 Å². The van der Waals surface area contributed by atoms with E-state index in [0.29, 0.717) is 6.54 Å². The van der Waals surface area contributed by atoms with E-state index >= 15 is 0 Å². The quantitative estimate of drug-likeness (QED) is 0.776. The lowest BCUT2D eigenvalue weighted by Gasteiger charge is -2.31. The van der Waals surface area contributed by atoms with E-state index in [0.717, 1.165) is 36.8 Å². The molecule has 1 aromatic rings. The Labute approximate surface area is 125 Å². The molecule has 0 aromatic heterocycles. The van der Waals surface area contributed by atoms with Crippen molar-refractivity contribution in [3.63, 3.8) is 0 Å². The van der Waals surface area contributed by atoms with Crippen LogP contribution in [0.3, 0.4) is 0 Å². The normalized spacial score (nSPS) is 21.8. The van der Waals surface area contributed by atoms with Gasteiger partial charge in [0.05, 0.1) is 18.8 Å². The third kappa shape index (κ3) is 4.44. The number of carbonyl (C=O) groups excluding carboxylic acids is 1. The summed E-state index contributed by atoms with van der Waals surface area (Å²) in [7, 11) is 1.69. The van der Waals surface area contributed by atoms with Gasteiger partial charge in [-0.05, 0) is 24.0 Å². The topological polar surface area (TPSA) is 70.6 Å². The molecule has 21 heavy (non-hydrogen) atoms. The first-order chi connectivity index (χ1) is 10.2. The maximum absolute atomic E-state index is 12.0. The van der Waals surface area contributed by atoms with Crippen LogP contribution in [-0.2, 0) is 17.9 Å². The Morgan fingerprint density at radius 1 is 1.29 bits per heavy atom. The average Bonchev–Trinajstić information content (AvgIpc) is 2.53. The van der Waals surface area contributed by atoms with Crippen LogP contribution in [-0.4, -0.2) is 30.4 Å². The van der Waals surface area contributed by atoms with Crippen molar-refractivity contribution in [2.24, 2.45) is 0 Å². The van der Waals surface area contributed by atoms with Crippen molar-refractivity contribution in [2.75, 3.05) is 7.11 Å². The van der Waals surface area contributed by atoms with Gasteiger partial charge < -0.3 is 20.5 Å². The van der Waals surface area contributed by atoms with Gasteiger partial charge >= 0.3 is 6.03 Å². The zero-order valence-electron chi connectivity index (χ0n) is 12.5. The molecular weight excluding hydrogens is 268 g/mol. The second-order valence-corrected chi connectivity index (χ2v) is 5.42. The van der Waals surface area contributed by atoms with Gasteiger partial charge in [0.2, 0.25) is 0 Å². The molecule has 3 N–H and O–H groups in total. The lowest BCUT2D eigenvalue weighted by Crippen LogP contribution is -2.49. The van der Waals surface area contributed by atoms with Crippen molar-refractivity contribution in [3.8, 4) is 0 Å². The van der Waals surface area contributed by atoms with Gasteiger partial charge in [-0.1, -0.05) is 37.1 Å². The molecule has 2 amide bonds. The summed E-state index contributed by atoms with van der Waals surface area (Å²) in [6, 6.07) is 7.44. The molecule has 5 heteroatoms. The van der Waals surface area contributed by atoms with Crippen molar-refractivity contribution in [1.82, 2.24) is 10.6 Å². The minimum absolute atomic E-state index is 0.0200. The number of carbonyl (C=O) groups is 1. The number of amides is 2. The van der Waals surface area contributed by atoms with E-state index in [1.54, 1.807) is 7.11 Å². The molecular formula is C16H24N2O3. The van der Waals surface area contributed by atoms with Crippen molar-refractivity contribution in [2.45, 2.75) is 51.0 Å². The van der Waals surface area contributed by atoms with Crippen LogP contribution in [0.4, 0.5) is 4.79 Å². The molecule has 1 aliphatic carbocycles. The Hall–Kier alpha value is -1.59. The minimum Gasteiger partial charge on any atom is -0.392 e. The first kappa shape index (κ1) is 15.8. The average molecular weight is 292 g/mol. The monoisotopic (exact) mass is 292 g/mol. The first-order valence-corrected chi connectivity index (χ1v) is 7.49. The molecule has 2 rings (SSSR count). The van der Waals surface area contributed by atoms with Crippen LogP contribution >= 0.6 is 0 Å². The molecule has 1 aliphatic rings. The molecule has 0 saturated heterocycles. The van der Waals surface area contributed by atoms with E-state index in [1.807, 2.05) is 24.3 Å². The molecule has 116 valence electrons. The van der Waals surface area contributed by atoms with E-state index in [2.05, 4.69) is 10.6 Å². The number of nitrogens with one attached hydrogen (secondary N) is 2. The number of ether oxygens (including phenoxy) is 1. The summed E-state index contributed by atoms with van der Waals surface area (Å²) in [4.78, 5) is 12.0. The Balaban J connectivity index is 1.84. The fourth-order valence-corrected chi connectivity index (χ4v) is 2.82. The standard InChI is InChI=1S/C16H24N2O3/c1-21-15-9-5-4-8-14(15)18-16(20)17-10-12-6-2-3-7-13(12)11-19/h2-3,6-7,14-15,19H,4-5,8-11H2,1H3,(H2,17,18,20). The fraction of sp³-hybridized carbons (Fsp3) is 0.562. The first-order valence-electron chi connectivity index (χ1n) is 7.49. The van der Waals surface area contributed by atoms with E-state index in [4.69, 9.17) is 4.74 Å². The van der Waals surface area contributed by atoms with Crippen LogP contribution in [0.1, 0.15) is 36.8 Å². The Morgan fingerprint density at radius 3 is 2.71 bits per heavy atom. The lowest BCUT2D eigenvalue weighted by atomic mass is 9.92. The summed E-state index contributed by atoms with van der Waals surface area (Å²) in [5.74, 6) is 0. The van der Waals surface area contributed by atoms with Crippen LogP contribution in [0.5, 0.6) is 0 Å². The molecule has 0 spiro atoms. The zero-order chi connectivity index (χ0) is 15.1. The fourth-order valence-electron chi connectivity index (χ4n) is 2.82. The van der Waals surface area contributed by atoms with E-state index in [1.165, 1.54) is 0 Å². The number of urea groups is 1. The van der Waals surface area contributed by atoms with Crippen LogP contribution < -0.4 is 10.6 Å². The Morgan fingerprint density at radius 2 is 2.00 bits per heavy atom. The zero-order valence-corrected chi connectivity index (χ0v) is 12.5. The van der Waals surface area contributed by atoms with Gasteiger partial charge in [-0.3, -0.25) is 0 Å². The Bertz CT molecular complexity index is 465. The van der Waals surface area contributed by atoms with Crippen LogP contribution in [0, 0.1) is 0 Å². The highest BCUT2D eigenvalue weighted by Crippen LogP contribution is 2.20. The molecule has 0 radical (unpaired) electrons. The van der Waals surface area contributed by atoms with Crippen LogP contribution in [0.25, 0.3) is 0 Å². The van der Waals surface area contributed by atoms with Gasteiger partial charge in [-0.25, -0.2) is 4.79 Å². The predicted octanol–water partition coefficient (Wildman–Crippen LogP) is 1.94. The van der Waals surface area contributed by atoms with Crippen molar-refractivity contribution in [1.29, 1.82) is 0 Å². The van der Waals surface area contributed by atoms with Gasteiger partial charge in [0.25, 0.3) is 0 Å². The van der Waals surface area contributed by atoms with Gasteiger partial charge in [0.15, 0.2) is 0 Å². The Kier molecular flexibility index (Phi) is 6.02. The van der Waals surface area contributed by atoms with Crippen molar-refractivity contribution < 1.29 is 14.6 Å². The summed E-state index contributed by atoms with van der Waals surface area (Å²) in [6.07, 6.45) is 4.34. The number of methoxy groups -OCH3 is 1. The number of aliphatic hydroxyl groups excluding tert-OH is 1. The maximum Gasteiger partial charge on any atom is 0.315 e. The summed E-state index contributed by atoms with van der Waals surface area (Å²) in [6.45, 7) is 0.390. The molecule has 1 aromatic carbocycles. The highest BCUT2D eigenvalue weighted by atomic mass is 16.5. The van der Waals surface area contributed by atoms with Crippen molar-refractivity contribution in [3.05, 3.63) is 35.4 Å². The smallest absolute Gasteiger partial charge is 0.315 e. The second kappa shape index (κ2) is 8.00. The third-order valence-corrected chi connectivity index (χ3v) is 4.05. The van der Waals surface area contributed by atoms with Crippen LogP contribution in [0.2, 0.25) is 0 Å². The summed E-state index contributed by atoms with van der Waals surface area (Å²) < 4.78 is 5.43.